The Hall–Kier alpha value is -0.520. The first kappa shape index (κ1) is 10.6. The van der Waals surface area contributed by atoms with Gasteiger partial charge < -0.3 is 0 Å². The van der Waals surface area contributed by atoms with Gasteiger partial charge in [-0.15, -0.1) is 0 Å². The van der Waals surface area contributed by atoms with Crippen LogP contribution in [0, 0.1) is 5.92 Å². The lowest BCUT2D eigenvalue weighted by atomic mass is 9.96. The second-order valence-corrected chi connectivity index (χ2v) is 4.35. The van der Waals surface area contributed by atoms with Gasteiger partial charge in [-0.25, -0.2) is 0 Å². The zero-order chi connectivity index (χ0) is 9.84. The van der Waals surface area contributed by atoms with Gasteiger partial charge in [0.05, 0.1) is 0 Å². The van der Waals surface area contributed by atoms with Crippen molar-refractivity contribution in [3.8, 4) is 0 Å². The molecule has 0 saturated carbocycles. The molecular weight excluding hydrogens is 156 g/mol. The smallest absolute Gasteiger partial charge is 0.0127 e. The minimum Gasteiger partial charge on any atom is -0.0767 e. The molecule has 0 spiro atoms. The maximum atomic E-state index is 2.42. The van der Waals surface area contributed by atoms with Gasteiger partial charge in [-0.1, -0.05) is 38.8 Å². The molecule has 13 heavy (non-hydrogen) atoms. The minimum atomic E-state index is 0.708. The highest BCUT2D eigenvalue weighted by Crippen LogP contribution is 2.33. The lowest BCUT2D eigenvalue weighted by molar-refractivity contribution is 0.764. The molecule has 0 unspecified atom stereocenters. The van der Waals surface area contributed by atoms with E-state index in [1.807, 2.05) is 0 Å². The van der Waals surface area contributed by atoms with Crippen molar-refractivity contribution in [2.45, 2.75) is 53.4 Å². The van der Waals surface area contributed by atoms with E-state index in [4.69, 9.17) is 0 Å². The Morgan fingerprint density at radius 2 is 2.08 bits per heavy atom. The maximum Gasteiger partial charge on any atom is -0.0127 e. The van der Waals surface area contributed by atoms with Crippen LogP contribution in [0.3, 0.4) is 0 Å². The molecule has 0 heteroatoms. The molecule has 0 aromatic heterocycles. The minimum absolute atomic E-state index is 0.708. The Morgan fingerprint density at radius 3 is 2.54 bits per heavy atom. The van der Waals surface area contributed by atoms with Crippen molar-refractivity contribution in [2.75, 3.05) is 0 Å². The van der Waals surface area contributed by atoms with Crippen molar-refractivity contribution in [1.29, 1.82) is 0 Å². The van der Waals surface area contributed by atoms with Crippen molar-refractivity contribution in [3.63, 3.8) is 0 Å². The topological polar surface area (TPSA) is 0 Å². The lowest BCUT2D eigenvalue weighted by Gasteiger charge is -2.09. The van der Waals surface area contributed by atoms with Crippen LogP contribution in [0.5, 0.6) is 0 Å². The fraction of sp³-hybridized carbons (Fsp3) is 0.692. The zero-order valence-electron chi connectivity index (χ0n) is 9.48. The third kappa shape index (κ3) is 2.46. The van der Waals surface area contributed by atoms with Crippen molar-refractivity contribution in [2.24, 2.45) is 5.92 Å². The van der Waals surface area contributed by atoms with Crippen molar-refractivity contribution in [1.82, 2.24) is 0 Å². The molecule has 0 amide bonds. The quantitative estimate of drug-likeness (QED) is 0.595. The third-order valence-electron chi connectivity index (χ3n) is 2.99. The third-order valence-corrected chi connectivity index (χ3v) is 2.99. The molecule has 0 heterocycles. The fourth-order valence-electron chi connectivity index (χ4n) is 2.09. The Labute approximate surface area is 82.7 Å². The molecule has 1 rings (SSSR count). The molecule has 74 valence electrons. The molecule has 1 aliphatic rings. The van der Waals surface area contributed by atoms with Crippen molar-refractivity contribution >= 4 is 0 Å². The SMILES string of the molecule is CCCCC1=C(C)C(C(C)C)=CC1. The number of unbranched alkanes of at least 4 members (excludes halogenated alkanes) is 1. The summed E-state index contributed by atoms with van der Waals surface area (Å²) in [6.45, 7) is 9.14. The lowest BCUT2D eigenvalue weighted by Crippen LogP contribution is -1.93. The zero-order valence-corrected chi connectivity index (χ0v) is 9.48. The Morgan fingerprint density at radius 1 is 1.38 bits per heavy atom. The summed E-state index contributed by atoms with van der Waals surface area (Å²) in [7, 11) is 0. The van der Waals surface area contributed by atoms with Gasteiger partial charge in [-0.05, 0) is 43.3 Å². The molecule has 0 fully saturated rings. The molecule has 1 aliphatic carbocycles. The monoisotopic (exact) mass is 178 g/mol. The van der Waals surface area contributed by atoms with Gasteiger partial charge in [0.25, 0.3) is 0 Å². The fourth-order valence-corrected chi connectivity index (χ4v) is 2.09. The highest BCUT2D eigenvalue weighted by Gasteiger charge is 2.15. The van der Waals surface area contributed by atoms with Crippen LogP contribution < -0.4 is 0 Å². The molecule has 0 saturated heterocycles. The van der Waals surface area contributed by atoms with Crippen LogP contribution in [0.15, 0.2) is 22.8 Å². The first-order valence-corrected chi connectivity index (χ1v) is 5.55. The largest absolute Gasteiger partial charge is 0.0767 e. The molecule has 0 aromatic carbocycles. The summed E-state index contributed by atoms with van der Waals surface area (Å²) < 4.78 is 0. The predicted octanol–water partition coefficient (Wildman–Crippen LogP) is 4.48. The van der Waals surface area contributed by atoms with E-state index in [0.717, 1.165) is 0 Å². The van der Waals surface area contributed by atoms with Crippen LogP contribution in [0.25, 0.3) is 0 Å². The Bertz CT molecular complexity index is 228. The number of hydrogen-bond donors (Lipinski definition) is 0. The van der Waals surface area contributed by atoms with Crippen LogP contribution >= 0.6 is 0 Å². The van der Waals surface area contributed by atoms with E-state index in [0.29, 0.717) is 5.92 Å². The molecule has 0 aliphatic heterocycles. The highest BCUT2D eigenvalue weighted by molar-refractivity contribution is 5.42. The summed E-state index contributed by atoms with van der Waals surface area (Å²) in [5.41, 5.74) is 4.86. The molecule has 0 bridgehead atoms. The Balaban J connectivity index is 2.60. The van der Waals surface area contributed by atoms with Crippen LogP contribution in [-0.4, -0.2) is 0 Å². The molecule has 0 atom stereocenters. The summed E-state index contributed by atoms with van der Waals surface area (Å²) in [5, 5.41) is 0. The number of hydrogen-bond acceptors (Lipinski definition) is 0. The van der Waals surface area contributed by atoms with E-state index in [2.05, 4.69) is 33.8 Å². The van der Waals surface area contributed by atoms with Crippen LogP contribution in [0.2, 0.25) is 0 Å². The molecule has 0 radical (unpaired) electrons. The summed E-state index contributed by atoms with van der Waals surface area (Å²) in [6, 6.07) is 0. The second-order valence-electron chi connectivity index (χ2n) is 4.35. The molecule has 0 aromatic rings. The van der Waals surface area contributed by atoms with E-state index in [1.54, 1.807) is 16.7 Å². The van der Waals surface area contributed by atoms with Gasteiger partial charge >= 0.3 is 0 Å². The highest BCUT2D eigenvalue weighted by atomic mass is 14.2. The Kier molecular flexibility index (Phi) is 3.77. The van der Waals surface area contributed by atoms with Gasteiger partial charge in [-0.3, -0.25) is 0 Å². The predicted molar refractivity (Wildman–Crippen MR) is 59.8 cm³/mol. The molecule has 0 nitrogen and oxygen atoms in total. The van der Waals surface area contributed by atoms with Gasteiger partial charge in [-0.2, -0.15) is 0 Å². The van der Waals surface area contributed by atoms with Crippen LogP contribution in [0.4, 0.5) is 0 Å². The van der Waals surface area contributed by atoms with E-state index < -0.39 is 0 Å². The molecule has 0 N–H and O–H groups in total. The number of allylic oxidation sites excluding steroid dienone is 4. The first-order chi connectivity index (χ1) is 6.16. The normalized spacial score (nSPS) is 17.2. The summed E-state index contributed by atoms with van der Waals surface area (Å²) in [5.74, 6) is 0.708. The van der Waals surface area contributed by atoms with E-state index in [9.17, 15) is 0 Å². The van der Waals surface area contributed by atoms with Gasteiger partial charge in [0.15, 0.2) is 0 Å². The molecular formula is C13H22. The van der Waals surface area contributed by atoms with E-state index in [1.165, 1.54) is 25.7 Å². The van der Waals surface area contributed by atoms with Gasteiger partial charge in [0.2, 0.25) is 0 Å². The first-order valence-electron chi connectivity index (χ1n) is 5.55. The van der Waals surface area contributed by atoms with Crippen molar-refractivity contribution < 1.29 is 0 Å². The van der Waals surface area contributed by atoms with E-state index >= 15 is 0 Å². The summed E-state index contributed by atoms with van der Waals surface area (Å²) >= 11 is 0. The standard InChI is InChI=1S/C13H22/c1-5-6-7-12-8-9-13(10(2)3)11(12)4/h9-10H,5-8H2,1-4H3. The average Bonchev–Trinajstić information content (AvgIpc) is 2.43. The van der Waals surface area contributed by atoms with Crippen LogP contribution in [0.1, 0.15) is 53.4 Å². The van der Waals surface area contributed by atoms with Gasteiger partial charge in [0.1, 0.15) is 0 Å². The van der Waals surface area contributed by atoms with E-state index in [-0.39, 0.29) is 0 Å². The maximum absolute atomic E-state index is 2.42. The summed E-state index contributed by atoms with van der Waals surface area (Å²) in [4.78, 5) is 0. The second kappa shape index (κ2) is 4.64. The van der Waals surface area contributed by atoms with Crippen LogP contribution in [-0.2, 0) is 0 Å². The van der Waals surface area contributed by atoms with Gasteiger partial charge in [0, 0.05) is 0 Å². The summed E-state index contributed by atoms with van der Waals surface area (Å²) in [6.07, 6.45) is 7.62. The van der Waals surface area contributed by atoms with Crippen molar-refractivity contribution in [3.05, 3.63) is 22.8 Å². The number of rotatable bonds is 4. The average molecular weight is 178 g/mol.